The Kier molecular flexibility index (Phi) is 5.62. The third-order valence-corrected chi connectivity index (χ3v) is 5.85. The number of hydrogen-bond acceptors (Lipinski definition) is 4. The molecule has 3 aromatic rings. The van der Waals surface area contributed by atoms with E-state index in [9.17, 15) is 0 Å². The van der Waals surface area contributed by atoms with Crippen molar-refractivity contribution in [1.82, 2.24) is 19.4 Å². The first-order chi connectivity index (χ1) is 13.6. The molecule has 1 fully saturated rings. The monoisotopic (exact) mass is 377 g/mol. The molecule has 0 spiro atoms. The Balaban J connectivity index is 1.42. The number of fused-ring (bicyclic) bond motifs is 1. The molecule has 0 unspecified atom stereocenters. The van der Waals surface area contributed by atoms with Crippen molar-refractivity contribution in [2.45, 2.75) is 38.6 Å². The summed E-state index contributed by atoms with van der Waals surface area (Å²) in [7, 11) is 4.26. The van der Waals surface area contributed by atoms with Crippen molar-refractivity contribution >= 4 is 16.7 Å². The molecular weight excluding hydrogens is 346 g/mol. The predicted molar refractivity (Wildman–Crippen MR) is 116 cm³/mol. The molecule has 1 saturated heterocycles. The van der Waals surface area contributed by atoms with Gasteiger partial charge in [0.1, 0.15) is 11.6 Å². The zero-order valence-electron chi connectivity index (χ0n) is 17.3. The van der Waals surface area contributed by atoms with Crippen LogP contribution in [0.1, 0.15) is 36.6 Å². The number of anilines is 1. The van der Waals surface area contributed by atoms with E-state index in [-0.39, 0.29) is 0 Å². The minimum Gasteiger partial charge on any atom is -0.357 e. The molecule has 2 aromatic heterocycles. The third-order valence-electron chi connectivity index (χ3n) is 5.85. The number of aromatic nitrogens is 3. The van der Waals surface area contributed by atoms with E-state index in [0.29, 0.717) is 5.92 Å². The lowest BCUT2D eigenvalue weighted by molar-refractivity contribution is 0.380. The normalized spacial score (nSPS) is 15.6. The molecule has 5 nitrogen and oxygen atoms in total. The molecule has 28 heavy (non-hydrogen) atoms. The van der Waals surface area contributed by atoms with Crippen molar-refractivity contribution in [3.05, 3.63) is 54.1 Å². The lowest BCUT2D eigenvalue weighted by Crippen LogP contribution is -2.34. The summed E-state index contributed by atoms with van der Waals surface area (Å²) < 4.78 is 2.36. The van der Waals surface area contributed by atoms with E-state index in [4.69, 9.17) is 9.97 Å². The van der Waals surface area contributed by atoms with Gasteiger partial charge in [-0.05, 0) is 64.5 Å². The molecule has 0 bridgehead atoms. The van der Waals surface area contributed by atoms with Crippen LogP contribution in [0.25, 0.3) is 10.9 Å². The number of aryl methyl sites for hydroxylation is 2. The van der Waals surface area contributed by atoms with Gasteiger partial charge in [0.2, 0.25) is 0 Å². The third kappa shape index (κ3) is 4.04. The van der Waals surface area contributed by atoms with E-state index in [1.807, 2.05) is 6.20 Å². The first-order valence-corrected chi connectivity index (χ1v) is 10.4. The average Bonchev–Trinajstić information content (AvgIpc) is 3.16. The van der Waals surface area contributed by atoms with Crippen LogP contribution in [0.5, 0.6) is 0 Å². The molecule has 0 saturated carbocycles. The van der Waals surface area contributed by atoms with Gasteiger partial charge in [-0.3, -0.25) is 0 Å². The zero-order valence-corrected chi connectivity index (χ0v) is 17.3. The minimum absolute atomic E-state index is 0.548. The summed E-state index contributed by atoms with van der Waals surface area (Å²) in [6.45, 7) is 6.44. The van der Waals surface area contributed by atoms with Gasteiger partial charge in [0, 0.05) is 43.3 Å². The maximum absolute atomic E-state index is 4.92. The number of pyridine rings is 1. The van der Waals surface area contributed by atoms with Crippen LogP contribution < -0.4 is 4.90 Å². The van der Waals surface area contributed by atoms with Gasteiger partial charge in [-0.25, -0.2) is 9.97 Å². The Bertz CT molecular complexity index is 922. The summed E-state index contributed by atoms with van der Waals surface area (Å²) in [4.78, 5) is 14.3. The summed E-state index contributed by atoms with van der Waals surface area (Å²) in [6.07, 6.45) is 7.54. The Hall–Kier alpha value is -2.40. The Morgan fingerprint density at radius 1 is 1.14 bits per heavy atom. The maximum Gasteiger partial charge on any atom is 0.129 e. The number of benzene rings is 1. The van der Waals surface area contributed by atoms with Crippen LogP contribution >= 0.6 is 0 Å². The topological polar surface area (TPSA) is 37.2 Å². The fourth-order valence-electron chi connectivity index (χ4n) is 4.29. The first-order valence-electron chi connectivity index (χ1n) is 10.4. The number of rotatable bonds is 6. The quantitative estimate of drug-likeness (QED) is 0.649. The van der Waals surface area contributed by atoms with Gasteiger partial charge in [0.15, 0.2) is 0 Å². The van der Waals surface area contributed by atoms with Gasteiger partial charge < -0.3 is 14.4 Å². The second kappa shape index (κ2) is 8.31. The second-order valence-corrected chi connectivity index (χ2v) is 8.21. The van der Waals surface area contributed by atoms with Crippen LogP contribution in [0.15, 0.2) is 42.7 Å². The molecule has 1 aromatic carbocycles. The smallest absolute Gasteiger partial charge is 0.129 e. The molecule has 0 radical (unpaired) electrons. The van der Waals surface area contributed by atoms with Gasteiger partial charge in [-0.2, -0.15) is 0 Å². The van der Waals surface area contributed by atoms with E-state index >= 15 is 0 Å². The number of para-hydroxylation sites is 1. The molecule has 0 N–H and O–H groups in total. The number of piperidine rings is 1. The highest BCUT2D eigenvalue weighted by molar-refractivity contribution is 5.83. The van der Waals surface area contributed by atoms with Crippen molar-refractivity contribution in [3.63, 3.8) is 0 Å². The van der Waals surface area contributed by atoms with E-state index in [1.54, 1.807) is 0 Å². The van der Waals surface area contributed by atoms with Crippen LogP contribution in [0, 0.1) is 6.92 Å². The van der Waals surface area contributed by atoms with Gasteiger partial charge in [-0.1, -0.05) is 18.2 Å². The van der Waals surface area contributed by atoms with Crippen molar-refractivity contribution < 1.29 is 0 Å². The molecule has 0 aliphatic carbocycles. The van der Waals surface area contributed by atoms with Gasteiger partial charge >= 0.3 is 0 Å². The minimum atomic E-state index is 0.548. The summed E-state index contributed by atoms with van der Waals surface area (Å²) >= 11 is 0. The molecule has 0 atom stereocenters. The summed E-state index contributed by atoms with van der Waals surface area (Å²) in [5, 5.41) is 1.25. The maximum atomic E-state index is 4.92. The van der Waals surface area contributed by atoms with Crippen molar-refractivity contribution in [2.75, 3.05) is 38.6 Å². The molecule has 0 amide bonds. The summed E-state index contributed by atoms with van der Waals surface area (Å²) in [5.41, 5.74) is 2.40. The highest BCUT2D eigenvalue weighted by atomic mass is 15.2. The SMILES string of the molecule is Cc1cc(N2CCC(c3nccn3CCCN(C)C)CC2)nc2ccccc12. The lowest BCUT2D eigenvalue weighted by atomic mass is 9.95. The number of hydrogen-bond donors (Lipinski definition) is 0. The van der Waals surface area contributed by atoms with E-state index in [2.05, 4.69) is 71.9 Å². The number of nitrogens with zero attached hydrogens (tertiary/aromatic N) is 5. The largest absolute Gasteiger partial charge is 0.357 e. The molecular formula is C23H31N5. The van der Waals surface area contributed by atoms with Gasteiger partial charge in [0.25, 0.3) is 0 Å². The fraction of sp³-hybridized carbons (Fsp3) is 0.478. The van der Waals surface area contributed by atoms with E-state index in [1.165, 1.54) is 16.8 Å². The second-order valence-electron chi connectivity index (χ2n) is 8.21. The van der Waals surface area contributed by atoms with Gasteiger partial charge in [-0.15, -0.1) is 0 Å². The van der Waals surface area contributed by atoms with E-state index in [0.717, 1.165) is 56.8 Å². The Morgan fingerprint density at radius 2 is 1.93 bits per heavy atom. The average molecular weight is 378 g/mol. The molecule has 148 valence electrons. The lowest BCUT2D eigenvalue weighted by Gasteiger charge is -2.33. The van der Waals surface area contributed by atoms with Crippen LogP contribution in [0.2, 0.25) is 0 Å². The zero-order chi connectivity index (χ0) is 19.5. The standard InChI is InChI=1S/C23H31N5/c1-18-17-22(25-21-8-5-4-7-20(18)21)27-14-9-19(10-15-27)23-24-11-16-28(23)13-6-12-26(2)3/h4-5,7-8,11,16-17,19H,6,9-10,12-15H2,1-3H3. The first kappa shape index (κ1) is 18.9. The highest BCUT2D eigenvalue weighted by Gasteiger charge is 2.25. The molecule has 1 aliphatic heterocycles. The number of imidazole rings is 1. The van der Waals surface area contributed by atoms with Crippen LogP contribution in [0.4, 0.5) is 5.82 Å². The van der Waals surface area contributed by atoms with Crippen molar-refractivity contribution in [2.24, 2.45) is 0 Å². The predicted octanol–water partition coefficient (Wildman–Crippen LogP) is 4.08. The summed E-state index contributed by atoms with van der Waals surface area (Å²) in [5.74, 6) is 2.93. The Morgan fingerprint density at radius 3 is 2.71 bits per heavy atom. The van der Waals surface area contributed by atoms with Crippen LogP contribution in [-0.4, -0.2) is 53.2 Å². The summed E-state index contributed by atoms with van der Waals surface area (Å²) in [6, 6.07) is 10.7. The van der Waals surface area contributed by atoms with Crippen molar-refractivity contribution in [3.8, 4) is 0 Å². The molecule has 4 rings (SSSR count). The molecule has 3 heterocycles. The van der Waals surface area contributed by atoms with E-state index < -0.39 is 0 Å². The molecule has 1 aliphatic rings. The van der Waals surface area contributed by atoms with Crippen molar-refractivity contribution in [1.29, 1.82) is 0 Å². The van der Waals surface area contributed by atoms with Crippen LogP contribution in [-0.2, 0) is 6.54 Å². The van der Waals surface area contributed by atoms with Crippen LogP contribution in [0.3, 0.4) is 0 Å². The highest BCUT2D eigenvalue weighted by Crippen LogP contribution is 2.30. The fourth-order valence-corrected chi connectivity index (χ4v) is 4.29. The Labute approximate surface area is 168 Å². The van der Waals surface area contributed by atoms with Gasteiger partial charge in [0.05, 0.1) is 5.52 Å². The molecule has 5 heteroatoms.